The highest BCUT2D eigenvalue weighted by Gasteiger charge is 2.33. The molecule has 2 heterocycles. The Morgan fingerprint density at radius 2 is 1.55 bits per heavy atom. The van der Waals surface area contributed by atoms with Gasteiger partial charge in [-0.05, 0) is 43.7 Å². The number of aromatic nitrogens is 1. The molecule has 0 saturated carbocycles. The third kappa shape index (κ3) is 6.69. The molecule has 3 aromatic rings. The van der Waals surface area contributed by atoms with Crippen molar-refractivity contribution in [3.05, 3.63) is 70.1 Å². The SMILES string of the molecule is CC.CC.CC(=O)C(=O)c1cn(C)c2cc(Cl)c(C(=O)N3CC(C)N(Cc4ccc(F)cc4)CC3C)cc12. The van der Waals surface area contributed by atoms with E-state index in [-0.39, 0.29) is 29.4 Å². The minimum Gasteiger partial charge on any atom is -0.350 e. The molecule has 2 atom stereocenters. The number of Topliss-reactive ketones (excluding diaryl/α,β-unsaturated/α-hetero) is 2. The van der Waals surface area contributed by atoms with E-state index in [2.05, 4.69) is 11.8 Å². The maximum Gasteiger partial charge on any atom is 0.255 e. The lowest BCUT2D eigenvalue weighted by Gasteiger charge is -2.44. The van der Waals surface area contributed by atoms with Gasteiger partial charge < -0.3 is 9.47 Å². The van der Waals surface area contributed by atoms with Gasteiger partial charge in [0, 0.05) is 57.3 Å². The first-order valence-electron chi connectivity index (χ1n) is 13.2. The van der Waals surface area contributed by atoms with Crippen LogP contribution in [-0.4, -0.2) is 57.0 Å². The highest BCUT2D eigenvalue weighted by atomic mass is 35.5. The molecule has 2 aromatic carbocycles. The van der Waals surface area contributed by atoms with Gasteiger partial charge in [-0.15, -0.1) is 0 Å². The molecule has 1 aliphatic heterocycles. The quantitative estimate of drug-likeness (QED) is 0.271. The lowest BCUT2D eigenvalue weighted by Crippen LogP contribution is -2.57. The Labute approximate surface area is 230 Å². The molecule has 1 amide bonds. The third-order valence-corrected chi connectivity index (χ3v) is 6.86. The molecule has 0 aliphatic carbocycles. The molecule has 38 heavy (non-hydrogen) atoms. The number of nitrogens with zero attached hydrogens (tertiary/aromatic N) is 3. The van der Waals surface area contributed by atoms with E-state index in [9.17, 15) is 18.8 Å². The average molecular weight is 544 g/mol. The summed E-state index contributed by atoms with van der Waals surface area (Å²) in [7, 11) is 1.77. The summed E-state index contributed by atoms with van der Waals surface area (Å²) < 4.78 is 15.0. The Morgan fingerprint density at radius 3 is 2.13 bits per heavy atom. The average Bonchev–Trinajstić information content (AvgIpc) is 3.23. The number of halogens is 2. The summed E-state index contributed by atoms with van der Waals surface area (Å²) in [6.45, 7) is 15.1. The summed E-state index contributed by atoms with van der Waals surface area (Å²) >= 11 is 6.52. The molecule has 6 nitrogen and oxygen atoms in total. The molecule has 2 unspecified atom stereocenters. The number of hydrogen-bond donors (Lipinski definition) is 0. The number of carbonyl (C=O) groups excluding carboxylic acids is 3. The summed E-state index contributed by atoms with van der Waals surface area (Å²) in [6.07, 6.45) is 1.60. The Balaban J connectivity index is 0.00000121. The molecule has 0 spiro atoms. The number of ketones is 2. The number of fused-ring (bicyclic) bond motifs is 1. The minimum absolute atomic E-state index is 0.0787. The van der Waals surface area contributed by atoms with Crippen molar-refractivity contribution in [2.24, 2.45) is 7.05 Å². The van der Waals surface area contributed by atoms with Gasteiger partial charge in [0.15, 0.2) is 5.78 Å². The molecule has 4 rings (SSSR count). The van der Waals surface area contributed by atoms with Gasteiger partial charge in [0.1, 0.15) is 5.82 Å². The molecule has 1 fully saturated rings. The van der Waals surface area contributed by atoms with Gasteiger partial charge in [-0.3, -0.25) is 19.3 Å². The molecular weight excluding hydrogens is 505 g/mol. The number of amides is 1. The third-order valence-electron chi connectivity index (χ3n) is 6.55. The molecule has 1 aromatic heterocycles. The van der Waals surface area contributed by atoms with Gasteiger partial charge in [0.2, 0.25) is 5.78 Å². The van der Waals surface area contributed by atoms with Crippen molar-refractivity contribution in [2.75, 3.05) is 13.1 Å². The zero-order valence-electron chi connectivity index (χ0n) is 23.6. The standard InChI is InChI=1S/C26H27ClFN3O3.2C2H6/c1-15-12-31(16(2)11-30(15)13-18-5-7-19(28)8-6-18)26(34)21-9-20-22(25(33)17(3)32)14-29(4)24(20)10-23(21)27;2*1-2/h5-10,14-16H,11-13H2,1-4H3;2*1-2H3. The molecule has 1 saturated heterocycles. The second-order valence-corrected chi connectivity index (χ2v) is 9.51. The first-order chi connectivity index (χ1) is 18.1. The van der Waals surface area contributed by atoms with Crippen LogP contribution in [0.5, 0.6) is 0 Å². The number of piperazine rings is 1. The van der Waals surface area contributed by atoms with E-state index in [0.29, 0.717) is 41.1 Å². The maximum atomic E-state index is 13.6. The van der Waals surface area contributed by atoms with Crippen LogP contribution < -0.4 is 0 Å². The van der Waals surface area contributed by atoms with Crippen molar-refractivity contribution < 1.29 is 18.8 Å². The van der Waals surface area contributed by atoms with Gasteiger partial charge in [0.25, 0.3) is 5.91 Å². The topological polar surface area (TPSA) is 62.6 Å². The smallest absolute Gasteiger partial charge is 0.255 e. The molecule has 8 heteroatoms. The van der Waals surface area contributed by atoms with Gasteiger partial charge in [0.05, 0.1) is 21.7 Å². The van der Waals surface area contributed by atoms with E-state index < -0.39 is 11.6 Å². The predicted molar refractivity (Wildman–Crippen MR) is 152 cm³/mol. The van der Waals surface area contributed by atoms with Crippen LogP contribution >= 0.6 is 11.6 Å². The Bertz CT molecular complexity index is 1290. The number of carbonyl (C=O) groups is 3. The van der Waals surface area contributed by atoms with E-state index in [1.54, 1.807) is 47.0 Å². The first kappa shape index (κ1) is 31.2. The van der Waals surface area contributed by atoms with E-state index >= 15 is 0 Å². The summed E-state index contributed by atoms with van der Waals surface area (Å²) in [5, 5.41) is 0.834. The van der Waals surface area contributed by atoms with Gasteiger partial charge >= 0.3 is 0 Å². The predicted octanol–water partition coefficient (Wildman–Crippen LogP) is 6.53. The number of hydrogen-bond acceptors (Lipinski definition) is 4. The molecule has 0 radical (unpaired) electrons. The summed E-state index contributed by atoms with van der Waals surface area (Å²) in [4.78, 5) is 41.8. The van der Waals surface area contributed by atoms with E-state index in [4.69, 9.17) is 11.6 Å². The largest absolute Gasteiger partial charge is 0.350 e. The monoisotopic (exact) mass is 543 g/mol. The fourth-order valence-corrected chi connectivity index (χ4v) is 4.86. The maximum absolute atomic E-state index is 13.6. The van der Waals surface area contributed by atoms with Crippen LogP contribution in [-0.2, 0) is 18.4 Å². The Hall–Kier alpha value is -3.03. The second-order valence-electron chi connectivity index (χ2n) is 9.10. The molecule has 0 N–H and O–H groups in total. The zero-order valence-corrected chi connectivity index (χ0v) is 24.4. The second kappa shape index (κ2) is 13.7. The van der Waals surface area contributed by atoms with Gasteiger partial charge in [-0.1, -0.05) is 51.4 Å². The van der Waals surface area contributed by atoms with Crippen LogP contribution in [0.15, 0.2) is 42.6 Å². The summed E-state index contributed by atoms with van der Waals surface area (Å²) in [5.41, 5.74) is 2.27. The van der Waals surface area contributed by atoms with Crippen molar-refractivity contribution in [1.29, 1.82) is 0 Å². The van der Waals surface area contributed by atoms with E-state index in [0.717, 1.165) is 5.56 Å². The van der Waals surface area contributed by atoms with Crippen molar-refractivity contribution in [3.63, 3.8) is 0 Å². The van der Waals surface area contributed by atoms with Crippen molar-refractivity contribution in [1.82, 2.24) is 14.4 Å². The number of aryl methyl sites for hydroxylation is 1. The highest BCUT2D eigenvalue weighted by Crippen LogP contribution is 2.30. The highest BCUT2D eigenvalue weighted by molar-refractivity contribution is 6.45. The molecule has 1 aliphatic rings. The number of benzene rings is 2. The molecule has 206 valence electrons. The minimum atomic E-state index is -0.595. The van der Waals surface area contributed by atoms with Crippen molar-refractivity contribution >= 4 is 40.0 Å². The van der Waals surface area contributed by atoms with Gasteiger partial charge in [-0.25, -0.2) is 4.39 Å². The first-order valence-corrected chi connectivity index (χ1v) is 13.6. The lowest BCUT2D eigenvalue weighted by atomic mass is 10.0. The Kier molecular flexibility index (Phi) is 11.2. The van der Waals surface area contributed by atoms with Crippen LogP contribution in [0.3, 0.4) is 0 Å². The van der Waals surface area contributed by atoms with Crippen molar-refractivity contribution in [3.8, 4) is 0 Å². The van der Waals surface area contributed by atoms with E-state index in [1.165, 1.54) is 19.1 Å². The van der Waals surface area contributed by atoms with E-state index in [1.807, 2.05) is 34.6 Å². The lowest BCUT2D eigenvalue weighted by molar-refractivity contribution is -0.113. The van der Waals surface area contributed by atoms with Crippen LogP contribution in [0.1, 0.15) is 74.7 Å². The van der Waals surface area contributed by atoms with Crippen LogP contribution in [0.2, 0.25) is 5.02 Å². The van der Waals surface area contributed by atoms with Crippen molar-refractivity contribution in [2.45, 2.75) is 67.1 Å². The van der Waals surface area contributed by atoms with Crippen LogP contribution in [0, 0.1) is 5.82 Å². The molecule has 0 bridgehead atoms. The fourth-order valence-electron chi connectivity index (χ4n) is 4.62. The zero-order chi connectivity index (χ0) is 28.7. The Morgan fingerprint density at radius 1 is 0.947 bits per heavy atom. The van der Waals surface area contributed by atoms with Gasteiger partial charge in [-0.2, -0.15) is 0 Å². The normalized spacial score (nSPS) is 17.3. The summed E-state index contributed by atoms with van der Waals surface area (Å²) in [5.74, 6) is -1.63. The summed E-state index contributed by atoms with van der Waals surface area (Å²) in [6, 6.07) is 9.76. The van der Waals surface area contributed by atoms with Crippen LogP contribution in [0.25, 0.3) is 10.9 Å². The fraction of sp³-hybridized carbons (Fsp3) is 0.433. The molecular formula is C30H39ClFN3O3. The number of rotatable bonds is 5. The van der Waals surface area contributed by atoms with Crippen LogP contribution in [0.4, 0.5) is 4.39 Å².